The fourth-order valence-electron chi connectivity index (χ4n) is 2.31. The second-order valence-electron chi connectivity index (χ2n) is 4.04. The van der Waals surface area contributed by atoms with Crippen molar-refractivity contribution in [3.8, 4) is 0 Å². The number of halogens is 2. The highest BCUT2D eigenvalue weighted by atomic mass is 35.5. The minimum atomic E-state index is -0.458. The first-order valence-corrected chi connectivity index (χ1v) is 5.58. The van der Waals surface area contributed by atoms with Crippen LogP contribution in [0, 0.1) is 5.82 Å². The molecule has 4 heteroatoms. The molecular formula is C12H9ClFNO. The van der Waals surface area contributed by atoms with Gasteiger partial charge in [0.2, 0.25) is 0 Å². The van der Waals surface area contributed by atoms with Crippen molar-refractivity contribution < 1.29 is 9.18 Å². The topological polar surface area (TPSA) is 32.9 Å². The second-order valence-corrected chi connectivity index (χ2v) is 4.42. The molecule has 1 aliphatic rings. The summed E-state index contributed by atoms with van der Waals surface area (Å²) in [6, 6.07) is 3.03. The van der Waals surface area contributed by atoms with Gasteiger partial charge in [-0.05, 0) is 30.5 Å². The van der Waals surface area contributed by atoms with Gasteiger partial charge in [0.05, 0.1) is 11.2 Å². The summed E-state index contributed by atoms with van der Waals surface area (Å²) in [6.07, 6.45) is 2.26. The average molecular weight is 238 g/mol. The molecule has 2 aromatic rings. The number of fused-ring (bicyclic) bond motifs is 3. The summed E-state index contributed by atoms with van der Waals surface area (Å²) in [5, 5.41) is 0.939. The van der Waals surface area contributed by atoms with Crippen LogP contribution in [0.2, 0.25) is 5.02 Å². The van der Waals surface area contributed by atoms with Crippen LogP contribution in [0.25, 0.3) is 10.9 Å². The first-order chi connectivity index (χ1) is 7.68. The molecule has 1 aromatic carbocycles. The molecule has 0 amide bonds. The minimum Gasteiger partial charge on any atom is -0.351 e. The van der Waals surface area contributed by atoms with E-state index in [0.717, 1.165) is 23.8 Å². The van der Waals surface area contributed by atoms with E-state index in [1.165, 1.54) is 6.07 Å². The van der Waals surface area contributed by atoms with Gasteiger partial charge in [-0.15, -0.1) is 0 Å². The van der Waals surface area contributed by atoms with Gasteiger partial charge in [-0.1, -0.05) is 11.6 Å². The van der Waals surface area contributed by atoms with Gasteiger partial charge in [0.25, 0.3) is 0 Å². The molecule has 1 aliphatic carbocycles. The van der Waals surface area contributed by atoms with Gasteiger partial charge >= 0.3 is 0 Å². The zero-order valence-electron chi connectivity index (χ0n) is 8.44. The van der Waals surface area contributed by atoms with Crippen LogP contribution in [0.5, 0.6) is 0 Å². The Morgan fingerprint density at radius 3 is 2.94 bits per heavy atom. The lowest BCUT2D eigenvalue weighted by Gasteiger charge is -2.09. The van der Waals surface area contributed by atoms with E-state index in [4.69, 9.17) is 11.6 Å². The molecule has 82 valence electrons. The highest BCUT2D eigenvalue weighted by molar-refractivity contribution is 6.35. The molecule has 0 aliphatic heterocycles. The lowest BCUT2D eigenvalue weighted by molar-refractivity contribution is 0.0968. The maximum atomic E-state index is 13.3. The molecular weight excluding hydrogens is 229 g/mol. The van der Waals surface area contributed by atoms with Crippen molar-refractivity contribution >= 4 is 28.3 Å². The van der Waals surface area contributed by atoms with E-state index < -0.39 is 5.82 Å². The quantitative estimate of drug-likeness (QED) is 0.748. The van der Waals surface area contributed by atoms with E-state index >= 15 is 0 Å². The van der Waals surface area contributed by atoms with Crippen molar-refractivity contribution in [2.45, 2.75) is 19.3 Å². The number of rotatable bonds is 0. The third-order valence-corrected chi connectivity index (χ3v) is 3.45. The number of aryl methyl sites for hydroxylation is 1. The molecule has 1 aromatic heterocycles. The zero-order valence-corrected chi connectivity index (χ0v) is 9.20. The van der Waals surface area contributed by atoms with Crippen LogP contribution in [0.3, 0.4) is 0 Å². The molecule has 0 atom stereocenters. The number of carbonyl (C=O) groups is 1. The number of ketones is 1. The van der Waals surface area contributed by atoms with Crippen LogP contribution < -0.4 is 0 Å². The van der Waals surface area contributed by atoms with Gasteiger partial charge in [0.1, 0.15) is 10.8 Å². The first-order valence-electron chi connectivity index (χ1n) is 5.20. The third-order valence-electron chi connectivity index (χ3n) is 3.08. The molecule has 0 radical (unpaired) electrons. The van der Waals surface area contributed by atoms with Gasteiger partial charge in [0, 0.05) is 11.8 Å². The van der Waals surface area contributed by atoms with Gasteiger partial charge in [-0.25, -0.2) is 4.39 Å². The van der Waals surface area contributed by atoms with E-state index in [2.05, 4.69) is 4.98 Å². The number of carbonyl (C=O) groups excluding carboxylic acids is 1. The molecule has 2 nitrogen and oxygen atoms in total. The number of aromatic amines is 1. The Labute approximate surface area is 96.4 Å². The van der Waals surface area contributed by atoms with Crippen molar-refractivity contribution in [2.24, 2.45) is 0 Å². The molecule has 0 bridgehead atoms. The van der Waals surface area contributed by atoms with Gasteiger partial charge in [0.15, 0.2) is 5.78 Å². The number of H-pyrrole nitrogens is 1. The summed E-state index contributed by atoms with van der Waals surface area (Å²) in [4.78, 5) is 14.6. The number of aromatic nitrogens is 1. The zero-order chi connectivity index (χ0) is 11.3. The Bertz CT molecular complexity index is 603. The van der Waals surface area contributed by atoms with Crippen LogP contribution >= 0.6 is 11.6 Å². The highest BCUT2D eigenvalue weighted by Gasteiger charge is 2.23. The number of nitrogens with one attached hydrogen (secondary N) is 1. The maximum Gasteiger partial charge on any atom is 0.179 e. The standard InChI is InChI=1S/C12H9ClFNO/c13-10-8(14)5-4-7-6-2-1-3-9(16)11(6)15-12(7)10/h4-5,15H,1-3H2. The van der Waals surface area contributed by atoms with Crippen molar-refractivity contribution in [1.82, 2.24) is 4.98 Å². The van der Waals surface area contributed by atoms with Crippen molar-refractivity contribution in [3.05, 3.63) is 34.2 Å². The molecule has 16 heavy (non-hydrogen) atoms. The molecule has 0 saturated carbocycles. The van der Waals surface area contributed by atoms with E-state index in [9.17, 15) is 9.18 Å². The van der Waals surface area contributed by atoms with E-state index in [1.54, 1.807) is 6.07 Å². The van der Waals surface area contributed by atoms with E-state index in [0.29, 0.717) is 17.6 Å². The molecule has 0 saturated heterocycles. The fraction of sp³-hybridized carbons (Fsp3) is 0.250. The Hall–Kier alpha value is -1.35. The molecule has 0 unspecified atom stereocenters. The van der Waals surface area contributed by atoms with Crippen LogP contribution in [0.1, 0.15) is 28.9 Å². The summed E-state index contributed by atoms with van der Waals surface area (Å²) >= 11 is 5.88. The smallest absolute Gasteiger partial charge is 0.179 e. The summed E-state index contributed by atoms with van der Waals surface area (Å²) in [7, 11) is 0. The van der Waals surface area contributed by atoms with E-state index in [-0.39, 0.29) is 10.8 Å². The van der Waals surface area contributed by atoms with Crippen LogP contribution in [0.15, 0.2) is 12.1 Å². The average Bonchev–Trinajstić information content (AvgIpc) is 2.65. The Morgan fingerprint density at radius 2 is 2.12 bits per heavy atom. The summed E-state index contributed by atoms with van der Waals surface area (Å²) < 4.78 is 13.3. The number of benzene rings is 1. The Kier molecular flexibility index (Phi) is 2.04. The molecule has 0 fully saturated rings. The van der Waals surface area contributed by atoms with Crippen LogP contribution in [-0.4, -0.2) is 10.8 Å². The molecule has 1 N–H and O–H groups in total. The van der Waals surface area contributed by atoms with Crippen LogP contribution in [0.4, 0.5) is 4.39 Å². The predicted octanol–water partition coefficient (Wildman–Crippen LogP) is 3.48. The number of Topliss-reactive ketones (excluding diaryl/α,β-unsaturated/α-hetero) is 1. The van der Waals surface area contributed by atoms with Gasteiger partial charge in [-0.2, -0.15) is 0 Å². The molecule has 1 heterocycles. The summed E-state index contributed by atoms with van der Waals surface area (Å²) in [6.45, 7) is 0. The molecule has 3 rings (SSSR count). The second kappa shape index (κ2) is 3.32. The summed E-state index contributed by atoms with van der Waals surface area (Å²) in [5.41, 5.74) is 2.13. The first kappa shape index (κ1) is 9.85. The minimum absolute atomic E-state index is 0.0692. The van der Waals surface area contributed by atoms with Gasteiger partial charge in [-0.3, -0.25) is 4.79 Å². The SMILES string of the molecule is O=C1CCCc2c1[nH]c1c(Cl)c(F)ccc21. The summed E-state index contributed by atoms with van der Waals surface area (Å²) in [5.74, 6) is -0.367. The van der Waals surface area contributed by atoms with Crippen LogP contribution in [-0.2, 0) is 6.42 Å². The molecule has 0 spiro atoms. The number of hydrogen-bond donors (Lipinski definition) is 1. The fourth-order valence-corrected chi connectivity index (χ4v) is 2.52. The Balaban J connectivity index is 2.40. The van der Waals surface area contributed by atoms with Crippen molar-refractivity contribution in [1.29, 1.82) is 0 Å². The van der Waals surface area contributed by atoms with Crippen molar-refractivity contribution in [3.63, 3.8) is 0 Å². The lowest BCUT2D eigenvalue weighted by Crippen LogP contribution is -2.09. The van der Waals surface area contributed by atoms with E-state index in [1.807, 2.05) is 0 Å². The number of hydrogen-bond acceptors (Lipinski definition) is 1. The van der Waals surface area contributed by atoms with Gasteiger partial charge < -0.3 is 4.98 Å². The normalized spacial score (nSPS) is 15.5. The van der Waals surface area contributed by atoms with Crippen molar-refractivity contribution in [2.75, 3.05) is 0 Å². The lowest BCUT2D eigenvalue weighted by atomic mass is 9.95. The highest BCUT2D eigenvalue weighted by Crippen LogP contribution is 2.33. The predicted molar refractivity (Wildman–Crippen MR) is 60.5 cm³/mol. The maximum absolute atomic E-state index is 13.3. The largest absolute Gasteiger partial charge is 0.351 e. The Morgan fingerprint density at radius 1 is 1.31 bits per heavy atom. The monoisotopic (exact) mass is 237 g/mol. The third kappa shape index (κ3) is 1.21.